The second-order valence-electron chi connectivity index (χ2n) is 5.99. The number of carbonyl (C=O) groups is 1. The number of benzene rings is 1. The van der Waals surface area contributed by atoms with Gasteiger partial charge in [0.2, 0.25) is 5.91 Å². The minimum absolute atomic E-state index is 0. The zero-order valence-electron chi connectivity index (χ0n) is 12.6. The second-order valence-corrected chi connectivity index (χ2v) is 6.43. The molecule has 1 aliphatic heterocycles. The van der Waals surface area contributed by atoms with Gasteiger partial charge in [0, 0.05) is 42.9 Å². The van der Waals surface area contributed by atoms with Crippen LogP contribution in [0.25, 0.3) is 0 Å². The van der Waals surface area contributed by atoms with Crippen LogP contribution < -0.4 is 10.6 Å². The fourth-order valence-electron chi connectivity index (χ4n) is 3.39. The van der Waals surface area contributed by atoms with Crippen molar-refractivity contribution in [1.82, 2.24) is 4.90 Å². The molecule has 0 bridgehead atoms. The van der Waals surface area contributed by atoms with E-state index in [9.17, 15) is 4.79 Å². The molecule has 2 atom stereocenters. The maximum Gasteiger partial charge on any atom is 0.227 e. The Morgan fingerprint density at radius 1 is 1.18 bits per heavy atom. The lowest BCUT2D eigenvalue weighted by Crippen LogP contribution is -2.52. The molecule has 0 spiro atoms. The van der Waals surface area contributed by atoms with E-state index in [1.165, 1.54) is 0 Å². The predicted molar refractivity (Wildman–Crippen MR) is 92.8 cm³/mol. The Morgan fingerprint density at radius 3 is 2.50 bits per heavy atom. The maximum absolute atomic E-state index is 12.5. The Hall–Kier alpha value is -0.970. The summed E-state index contributed by atoms with van der Waals surface area (Å²) in [7, 11) is 0. The number of hydrogen-bond donors (Lipinski definition) is 1. The molecule has 0 radical (unpaired) electrons. The number of halogens is 2. The molecule has 4 nitrogen and oxygen atoms in total. The molecule has 1 aliphatic carbocycles. The van der Waals surface area contributed by atoms with Crippen molar-refractivity contribution >= 4 is 35.6 Å². The minimum Gasteiger partial charge on any atom is -0.368 e. The molecule has 0 aromatic heterocycles. The first-order chi connectivity index (χ1) is 10.1. The number of carbonyl (C=O) groups excluding carboxylic acids is 1. The van der Waals surface area contributed by atoms with E-state index < -0.39 is 0 Å². The van der Waals surface area contributed by atoms with Crippen LogP contribution in [0.5, 0.6) is 0 Å². The summed E-state index contributed by atoms with van der Waals surface area (Å²) in [4.78, 5) is 16.8. The van der Waals surface area contributed by atoms with E-state index in [2.05, 4.69) is 11.0 Å². The summed E-state index contributed by atoms with van der Waals surface area (Å²) in [5, 5.41) is 0.753. The molecule has 2 fully saturated rings. The quantitative estimate of drug-likeness (QED) is 0.897. The molecule has 1 aromatic carbocycles. The van der Waals surface area contributed by atoms with Crippen LogP contribution in [0.2, 0.25) is 5.02 Å². The lowest BCUT2D eigenvalue weighted by Gasteiger charge is -2.37. The highest BCUT2D eigenvalue weighted by Gasteiger charge is 2.34. The molecule has 6 heteroatoms. The van der Waals surface area contributed by atoms with Gasteiger partial charge in [-0.3, -0.25) is 4.79 Å². The predicted octanol–water partition coefficient (Wildman–Crippen LogP) is 2.54. The van der Waals surface area contributed by atoms with Gasteiger partial charge < -0.3 is 15.5 Å². The zero-order valence-corrected chi connectivity index (χ0v) is 14.2. The monoisotopic (exact) mass is 343 g/mol. The summed E-state index contributed by atoms with van der Waals surface area (Å²) >= 11 is 6.04. The lowest BCUT2D eigenvalue weighted by atomic mass is 10.0. The Labute approximate surface area is 143 Å². The normalized spacial score (nSPS) is 25.0. The highest BCUT2D eigenvalue weighted by molar-refractivity contribution is 6.30. The molecule has 3 rings (SSSR count). The molecule has 1 aromatic rings. The molecule has 2 unspecified atom stereocenters. The number of hydrogen-bond acceptors (Lipinski definition) is 3. The molecule has 122 valence electrons. The Balaban J connectivity index is 0.00000176. The fraction of sp³-hybridized carbons (Fsp3) is 0.562. The first kappa shape index (κ1) is 17.4. The Morgan fingerprint density at radius 2 is 1.91 bits per heavy atom. The molecule has 22 heavy (non-hydrogen) atoms. The van der Waals surface area contributed by atoms with Crippen molar-refractivity contribution in [1.29, 1.82) is 0 Å². The van der Waals surface area contributed by atoms with Crippen molar-refractivity contribution in [3.63, 3.8) is 0 Å². The van der Waals surface area contributed by atoms with Gasteiger partial charge in [-0.15, -0.1) is 12.4 Å². The van der Waals surface area contributed by atoms with Gasteiger partial charge in [-0.05, 0) is 31.0 Å². The summed E-state index contributed by atoms with van der Waals surface area (Å²) in [6.07, 6.45) is 3.02. The van der Waals surface area contributed by atoms with Crippen molar-refractivity contribution in [3.05, 3.63) is 29.3 Å². The van der Waals surface area contributed by atoms with Crippen molar-refractivity contribution in [2.45, 2.75) is 25.3 Å². The molecular formula is C16H23Cl2N3O. The molecule has 1 heterocycles. The number of piperazine rings is 1. The topological polar surface area (TPSA) is 49.6 Å². The Bertz CT molecular complexity index is 518. The highest BCUT2D eigenvalue weighted by Crippen LogP contribution is 2.27. The first-order valence-corrected chi connectivity index (χ1v) is 8.08. The maximum atomic E-state index is 12.5. The summed E-state index contributed by atoms with van der Waals surface area (Å²) in [6, 6.07) is 7.95. The molecule has 2 aliphatic rings. The third-order valence-electron chi connectivity index (χ3n) is 4.65. The SMILES string of the molecule is Cl.NC1CCCC1C(=O)N1CCN(c2cccc(Cl)c2)CC1. The number of amides is 1. The number of rotatable bonds is 2. The zero-order chi connectivity index (χ0) is 14.8. The third kappa shape index (κ3) is 3.67. The van der Waals surface area contributed by atoms with Gasteiger partial charge in [-0.1, -0.05) is 24.1 Å². The van der Waals surface area contributed by atoms with E-state index in [-0.39, 0.29) is 30.3 Å². The summed E-state index contributed by atoms with van der Waals surface area (Å²) in [5.41, 5.74) is 7.18. The molecule has 1 amide bonds. The van der Waals surface area contributed by atoms with Gasteiger partial charge in [0.1, 0.15) is 0 Å². The molecular weight excluding hydrogens is 321 g/mol. The number of anilines is 1. The third-order valence-corrected chi connectivity index (χ3v) is 4.89. The van der Waals surface area contributed by atoms with Crippen LogP contribution in [0.1, 0.15) is 19.3 Å². The van der Waals surface area contributed by atoms with Crippen molar-refractivity contribution in [3.8, 4) is 0 Å². The van der Waals surface area contributed by atoms with Crippen molar-refractivity contribution < 1.29 is 4.79 Å². The van der Waals surface area contributed by atoms with E-state index in [0.717, 1.165) is 56.2 Å². The van der Waals surface area contributed by atoms with Crippen LogP contribution in [0.15, 0.2) is 24.3 Å². The van der Waals surface area contributed by atoms with Crippen LogP contribution in [0.4, 0.5) is 5.69 Å². The van der Waals surface area contributed by atoms with Gasteiger partial charge in [-0.2, -0.15) is 0 Å². The average molecular weight is 344 g/mol. The number of nitrogens with zero attached hydrogens (tertiary/aromatic N) is 2. The van der Waals surface area contributed by atoms with E-state index in [1.807, 2.05) is 23.1 Å². The van der Waals surface area contributed by atoms with Gasteiger partial charge in [0.25, 0.3) is 0 Å². The van der Waals surface area contributed by atoms with Gasteiger partial charge in [0.15, 0.2) is 0 Å². The van der Waals surface area contributed by atoms with Gasteiger partial charge >= 0.3 is 0 Å². The van der Waals surface area contributed by atoms with Crippen LogP contribution in [0.3, 0.4) is 0 Å². The van der Waals surface area contributed by atoms with Crippen LogP contribution >= 0.6 is 24.0 Å². The molecule has 1 saturated carbocycles. The van der Waals surface area contributed by atoms with Crippen molar-refractivity contribution in [2.75, 3.05) is 31.1 Å². The van der Waals surface area contributed by atoms with E-state index >= 15 is 0 Å². The molecule has 1 saturated heterocycles. The lowest BCUT2D eigenvalue weighted by molar-refractivity contribution is -0.136. The van der Waals surface area contributed by atoms with Crippen LogP contribution in [-0.4, -0.2) is 43.0 Å². The minimum atomic E-state index is 0. The standard InChI is InChI=1S/C16H22ClN3O.ClH/c17-12-3-1-4-13(11-12)19-7-9-20(10-8-19)16(21)14-5-2-6-15(14)18;/h1,3-4,11,14-15H,2,5-10,18H2;1H. The average Bonchev–Trinajstić information content (AvgIpc) is 2.93. The van der Waals surface area contributed by atoms with Crippen LogP contribution in [0, 0.1) is 5.92 Å². The Kier molecular flexibility index (Phi) is 5.95. The van der Waals surface area contributed by atoms with E-state index in [1.54, 1.807) is 0 Å². The summed E-state index contributed by atoms with van der Waals surface area (Å²) < 4.78 is 0. The largest absolute Gasteiger partial charge is 0.368 e. The second kappa shape index (κ2) is 7.53. The highest BCUT2D eigenvalue weighted by atomic mass is 35.5. The van der Waals surface area contributed by atoms with Crippen molar-refractivity contribution in [2.24, 2.45) is 11.7 Å². The van der Waals surface area contributed by atoms with Crippen LogP contribution in [-0.2, 0) is 4.79 Å². The summed E-state index contributed by atoms with van der Waals surface area (Å²) in [6.45, 7) is 3.26. The van der Waals surface area contributed by atoms with Gasteiger partial charge in [-0.25, -0.2) is 0 Å². The molecule has 2 N–H and O–H groups in total. The fourth-order valence-corrected chi connectivity index (χ4v) is 3.57. The smallest absolute Gasteiger partial charge is 0.227 e. The van der Waals surface area contributed by atoms with Gasteiger partial charge in [0.05, 0.1) is 5.92 Å². The number of nitrogens with two attached hydrogens (primary N) is 1. The first-order valence-electron chi connectivity index (χ1n) is 7.70. The van der Waals surface area contributed by atoms with E-state index in [4.69, 9.17) is 17.3 Å². The van der Waals surface area contributed by atoms with E-state index in [0.29, 0.717) is 0 Å². The summed E-state index contributed by atoms with van der Waals surface area (Å²) in [5.74, 6) is 0.300.